The van der Waals surface area contributed by atoms with E-state index in [2.05, 4.69) is 6.58 Å². The summed E-state index contributed by atoms with van der Waals surface area (Å²) in [6.07, 6.45) is 0.801. The standard InChI is InChI=1S/C13H16O3/c1-10(2)7-8-16-9-11-5-3-4-6-12(11)13(14)15/h3-6H,1,7-9H2,2H3,(H,14,15). The van der Waals surface area contributed by atoms with Crippen LogP contribution in [0.15, 0.2) is 36.4 Å². The average Bonchev–Trinajstić information content (AvgIpc) is 2.24. The molecule has 0 atom stereocenters. The highest BCUT2D eigenvalue weighted by Crippen LogP contribution is 2.10. The van der Waals surface area contributed by atoms with Crippen LogP contribution in [0.3, 0.4) is 0 Å². The molecule has 0 saturated heterocycles. The summed E-state index contributed by atoms with van der Waals surface area (Å²) in [6.45, 7) is 6.61. The highest BCUT2D eigenvalue weighted by atomic mass is 16.5. The molecule has 1 aromatic carbocycles. The first-order valence-corrected chi connectivity index (χ1v) is 5.14. The lowest BCUT2D eigenvalue weighted by Crippen LogP contribution is -2.04. The maximum atomic E-state index is 10.9. The second kappa shape index (κ2) is 6.08. The maximum absolute atomic E-state index is 10.9. The van der Waals surface area contributed by atoms with Crippen molar-refractivity contribution in [1.82, 2.24) is 0 Å². The van der Waals surface area contributed by atoms with Crippen LogP contribution in [0.4, 0.5) is 0 Å². The Morgan fingerprint density at radius 3 is 2.75 bits per heavy atom. The molecule has 0 saturated carbocycles. The van der Waals surface area contributed by atoms with E-state index in [1.54, 1.807) is 18.2 Å². The Kier molecular flexibility index (Phi) is 4.73. The molecule has 3 nitrogen and oxygen atoms in total. The average molecular weight is 220 g/mol. The van der Waals surface area contributed by atoms with Gasteiger partial charge >= 0.3 is 5.97 Å². The van der Waals surface area contributed by atoms with Crippen LogP contribution in [-0.4, -0.2) is 17.7 Å². The fourth-order valence-corrected chi connectivity index (χ4v) is 1.28. The minimum Gasteiger partial charge on any atom is -0.478 e. The third-order valence-electron chi connectivity index (χ3n) is 2.18. The zero-order valence-electron chi connectivity index (χ0n) is 9.40. The summed E-state index contributed by atoms with van der Waals surface area (Å²) < 4.78 is 5.40. The van der Waals surface area contributed by atoms with Crippen molar-refractivity contribution in [3.63, 3.8) is 0 Å². The molecule has 0 unspecified atom stereocenters. The van der Waals surface area contributed by atoms with Gasteiger partial charge in [-0.1, -0.05) is 23.8 Å². The molecule has 86 valence electrons. The van der Waals surface area contributed by atoms with Crippen molar-refractivity contribution in [2.24, 2.45) is 0 Å². The Labute approximate surface area is 95.4 Å². The first kappa shape index (κ1) is 12.5. The number of hydrogen-bond donors (Lipinski definition) is 1. The topological polar surface area (TPSA) is 46.5 Å². The van der Waals surface area contributed by atoms with Crippen molar-refractivity contribution in [1.29, 1.82) is 0 Å². The van der Waals surface area contributed by atoms with E-state index in [0.717, 1.165) is 12.0 Å². The minimum absolute atomic E-state index is 0.304. The molecule has 0 bridgehead atoms. The molecule has 0 amide bonds. The Bertz CT molecular complexity index is 383. The molecule has 16 heavy (non-hydrogen) atoms. The van der Waals surface area contributed by atoms with E-state index in [0.29, 0.717) is 24.3 Å². The molecule has 1 rings (SSSR count). The molecule has 0 fully saturated rings. The quantitative estimate of drug-likeness (QED) is 0.592. The van der Waals surface area contributed by atoms with Gasteiger partial charge in [-0.3, -0.25) is 0 Å². The summed E-state index contributed by atoms with van der Waals surface area (Å²) >= 11 is 0. The first-order valence-electron chi connectivity index (χ1n) is 5.14. The highest BCUT2D eigenvalue weighted by Gasteiger charge is 2.08. The molecule has 0 radical (unpaired) electrons. The molecule has 1 aromatic rings. The maximum Gasteiger partial charge on any atom is 0.336 e. The van der Waals surface area contributed by atoms with E-state index >= 15 is 0 Å². The number of carbonyl (C=O) groups is 1. The van der Waals surface area contributed by atoms with Crippen LogP contribution in [0, 0.1) is 0 Å². The molecule has 0 aliphatic heterocycles. The fourth-order valence-electron chi connectivity index (χ4n) is 1.28. The van der Waals surface area contributed by atoms with Crippen LogP contribution in [-0.2, 0) is 11.3 Å². The smallest absolute Gasteiger partial charge is 0.336 e. The van der Waals surface area contributed by atoms with Crippen LogP contribution in [0.1, 0.15) is 29.3 Å². The van der Waals surface area contributed by atoms with E-state index < -0.39 is 5.97 Å². The van der Waals surface area contributed by atoms with E-state index in [4.69, 9.17) is 9.84 Å². The van der Waals surface area contributed by atoms with Gasteiger partial charge in [0.15, 0.2) is 0 Å². The zero-order valence-corrected chi connectivity index (χ0v) is 9.40. The van der Waals surface area contributed by atoms with Crippen molar-refractivity contribution < 1.29 is 14.6 Å². The van der Waals surface area contributed by atoms with E-state index in [1.807, 2.05) is 13.0 Å². The number of rotatable bonds is 6. The molecule has 0 aromatic heterocycles. The second-order valence-electron chi connectivity index (χ2n) is 3.72. The van der Waals surface area contributed by atoms with Crippen LogP contribution in [0.2, 0.25) is 0 Å². The summed E-state index contributed by atoms with van der Waals surface area (Å²) in [5, 5.41) is 8.94. The van der Waals surface area contributed by atoms with Crippen molar-refractivity contribution in [2.75, 3.05) is 6.61 Å². The lowest BCUT2D eigenvalue weighted by molar-refractivity contribution is 0.0687. The normalized spacial score (nSPS) is 10.1. The molecule has 0 spiro atoms. The number of benzene rings is 1. The highest BCUT2D eigenvalue weighted by molar-refractivity contribution is 5.89. The fraction of sp³-hybridized carbons (Fsp3) is 0.308. The molecule has 0 heterocycles. The molecule has 1 N–H and O–H groups in total. The van der Waals surface area contributed by atoms with Crippen LogP contribution in [0.25, 0.3) is 0 Å². The van der Waals surface area contributed by atoms with Crippen LogP contribution >= 0.6 is 0 Å². The van der Waals surface area contributed by atoms with Crippen LogP contribution < -0.4 is 0 Å². The van der Waals surface area contributed by atoms with Crippen molar-refractivity contribution in [3.8, 4) is 0 Å². The zero-order chi connectivity index (χ0) is 12.0. The Morgan fingerprint density at radius 2 is 2.12 bits per heavy atom. The Morgan fingerprint density at radius 1 is 1.44 bits per heavy atom. The first-order chi connectivity index (χ1) is 7.61. The molecular formula is C13H16O3. The van der Waals surface area contributed by atoms with Gasteiger partial charge < -0.3 is 9.84 Å². The number of carboxylic acid groups (broad SMARTS) is 1. The SMILES string of the molecule is C=C(C)CCOCc1ccccc1C(=O)O. The summed E-state index contributed by atoms with van der Waals surface area (Å²) in [5.41, 5.74) is 2.07. The largest absolute Gasteiger partial charge is 0.478 e. The lowest BCUT2D eigenvalue weighted by Gasteiger charge is -2.07. The monoisotopic (exact) mass is 220 g/mol. The molecule has 3 heteroatoms. The van der Waals surface area contributed by atoms with Gasteiger partial charge in [-0.05, 0) is 25.0 Å². The van der Waals surface area contributed by atoms with Gasteiger partial charge in [0.05, 0.1) is 18.8 Å². The molecule has 0 aliphatic carbocycles. The minimum atomic E-state index is -0.917. The number of ether oxygens (including phenoxy) is 1. The third-order valence-corrected chi connectivity index (χ3v) is 2.18. The van der Waals surface area contributed by atoms with Gasteiger partial charge in [0, 0.05) is 0 Å². The third kappa shape index (κ3) is 3.87. The van der Waals surface area contributed by atoms with Crippen molar-refractivity contribution in [2.45, 2.75) is 20.0 Å². The summed E-state index contributed by atoms with van der Waals surface area (Å²) in [4.78, 5) is 10.9. The summed E-state index contributed by atoms with van der Waals surface area (Å²) in [5.74, 6) is -0.917. The number of carboxylic acids is 1. The van der Waals surface area contributed by atoms with Gasteiger partial charge in [0.25, 0.3) is 0 Å². The van der Waals surface area contributed by atoms with Gasteiger partial charge in [-0.25, -0.2) is 4.79 Å². The van der Waals surface area contributed by atoms with E-state index in [1.165, 1.54) is 0 Å². The van der Waals surface area contributed by atoms with Crippen LogP contribution in [0.5, 0.6) is 0 Å². The lowest BCUT2D eigenvalue weighted by atomic mass is 10.1. The number of hydrogen-bond acceptors (Lipinski definition) is 2. The van der Waals surface area contributed by atoms with E-state index in [9.17, 15) is 4.79 Å². The number of aromatic carboxylic acids is 1. The summed E-state index contributed by atoms with van der Waals surface area (Å²) in [7, 11) is 0. The molecular weight excluding hydrogens is 204 g/mol. The van der Waals surface area contributed by atoms with Crippen molar-refractivity contribution in [3.05, 3.63) is 47.5 Å². The van der Waals surface area contributed by atoms with Gasteiger partial charge in [-0.15, -0.1) is 6.58 Å². The van der Waals surface area contributed by atoms with Gasteiger partial charge in [-0.2, -0.15) is 0 Å². The van der Waals surface area contributed by atoms with Crippen molar-refractivity contribution >= 4 is 5.97 Å². The van der Waals surface area contributed by atoms with Gasteiger partial charge in [0.2, 0.25) is 0 Å². The molecule has 0 aliphatic rings. The second-order valence-corrected chi connectivity index (χ2v) is 3.72. The Balaban J connectivity index is 2.53. The van der Waals surface area contributed by atoms with E-state index in [-0.39, 0.29) is 0 Å². The Hall–Kier alpha value is -1.61. The predicted octanol–water partition coefficient (Wildman–Crippen LogP) is 2.87. The summed E-state index contributed by atoms with van der Waals surface area (Å²) in [6, 6.07) is 6.87. The predicted molar refractivity (Wildman–Crippen MR) is 62.5 cm³/mol. The van der Waals surface area contributed by atoms with Gasteiger partial charge in [0.1, 0.15) is 0 Å².